The van der Waals surface area contributed by atoms with E-state index in [9.17, 15) is 14.4 Å². The van der Waals surface area contributed by atoms with Gasteiger partial charge in [0, 0.05) is 11.9 Å². The molecule has 0 N–H and O–H groups in total. The van der Waals surface area contributed by atoms with Crippen molar-refractivity contribution in [2.24, 2.45) is 0 Å². The van der Waals surface area contributed by atoms with Gasteiger partial charge in [0.2, 0.25) is 0 Å². The lowest BCUT2D eigenvalue weighted by atomic mass is 9.91. The summed E-state index contributed by atoms with van der Waals surface area (Å²) in [4.78, 5) is 40.6. The third-order valence-electron chi connectivity index (χ3n) is 7.14. The molecule has 40 heavy (non-hydrogen) atoms. The SMILES string of the molecule is COc1cc2c(cc1OC)C(COc1cc(=O)oc3ccccc13)N(C(=O)c1cc3ccccc3oc1=O)CC2. The van der Waals surface area contributed by atoms with Crippen molar-refractivity contribution >= 4 is 27.8 Å². The molecule has 1 unspecified atom stereocenters. The van der Waals surface area contributed by atoms with Crippen LogP contribution in [0.25, 0.3) is 21.9 Å². The lowest BCUT2D eigenvalue weighted by molar-refractivity contribution is 0.0586. The van der Waals surface area contributed by atoms with E-state index in [-0.39, 0.29) is 12.2 Å². The Hall–Kier alpha value is -5.05. The number of nitrogens with zero attached hydrogens (tertiary/aromatic N) is 1. The van der Waals surface area contributed by atoms with Crippen molar-refractivity contribution in [3.05, 3.63) is 110 Å². The molecule has 3 aromatic carbocycles. The highest BCUT2D eigenvalue weighted by molar-refractivity contribution is 5.97. The van der Waals surface area contributed by atoms with Crippen LogP contribution in [0.4, 0.5) is 0 Å². The number of fused-ring (bicyclic) bond motifs is 3. The van der Waals surface area contributed by atoms with Crippen LogP contribution in [0.1, 0.15) is 27.5 Å². The smallest absolute Gasteiger partial charge is 0.349 e. The molecule has 1 aliphatic rings. The first kappa shape index (κ1) is 25.2. The second kappa shape index (κ2) is 10.3. The first-order chi connectivity index (χ1) is 19.5. The summed E-state index contributed by atoms with van der Waals surface area (Å²) in [5.74, 6) is 0.919. The van der Waals surface area contributed by atoms with Crippen molar-refractivity contribution in [1.29, 1.82) is 0 Å². The van der Waals surface area contributed by atoms with Crippen molar-refractivity contribution in [3.63, 3.8) is 0 Å². The van der Waals surface area contributed by atoms with Crippen molar-refractivity contribution < 1.29 is 27.8 Å². The van der Waals surface area contributed by atoms with Crippen molar-refractivity contribution in [1.82, 2.24) is 4.90 Å². The molecule has 9 nitrogen and oxygen atoms in total. The highest BCUT2D eigenvalue weighted by Gasteiger charge is 2.35. The zero-order valence-electron chi connectivity index (χ0n) is 21.8. The Labute approximate surface area is 228 Å². The Morgan fingerprint density at radius 3 is 2.40 bits per heavy atom. The van der Waals surface area contributed by atoms with Crippen LogP contribution in [0.2, 0.25) is 0 Å². The molecule has 0 saturated heterocycles. The van der Waals surface area contributed by atoms with Gasteiger partial charge in [-0.1, -0.05) is 30.3 Å². The van der Waals surface area contributed by atoms with Crippen LogP contribution >= 0.6 is 0 Å². The van der Waals surface area contributed by atoms with Crippen LogP contribution < -0.4 is 25.5 Å². The Kier molecular flexibility index (Phi) is 6.47. The molecular formula is C31H25NO8. The van der Waals surface area contributed by atoms with Gasteiger partial charge in [-0.25, -0.2) is 9.59 Å². The molecule has 9 heteroatoms. The minimum Gasteiger partial charge on any atom is -0.493 e. The maximum Gasteiger partial charge on any atom is 0.349 e. The predicted octanol–water partition coefficient (Wildman–Crippen LogP) is 4.74. The summed E-state index contributed by atoms with van der Waals surface area (Å²) in [5, 5.41) is 1.27. The number of carbonyl (C=O) groups is 1. The summed E-state index contributed by atoms with van der Waals surface area (Å²) in [6, 6.07) is 20.0. The third kappa shape index (κ3) is 4.45. The van der Waals surface area contributed by atoms with E-state index in [0.29, 0.717) is 52.2 Å². The van der Waals surface area contributed by atoms with Gasteiger partial charge >= 0.3 is 11.3 Å². The number of amides is 1. The van der Waals surface area contributed by atoms with Crippen molar-refractivity contribution in [3.8, 4) is 17.2 Å². The van der Waals surface area contributed by atoms with Gasteiger partial charge in [-0.3, -0.25) is 4.79 Å². The fraction of sp³-hybridized carbons (Fsp3) is 0.194. The van der Waals surface area contributed by atoms with Gasteiger partial charge in [-0.05, 0) is 53.9 Å². The molecule has 0 saturated carbocycles. The van der Waals surface area contributed by atoms with Gasteiger partial charge in [-0.15, -0.1) is 0 Å². The molecular weight excluding hydrogens is 514 g/mol. The number of hydrogen-bond acceptors (Lipinski definition) is 8. The van der Waals surface area contributed by atoms with E-state index in [4.69, 9.17) is 23.0 Å². The maximum atomic E-state index is 13.9. The van der Waals surface area contributed by atoms with Gasteiger partial charge in [0.25, 0.3) is 5.91 Å². The highest BCUT2D eigenvalue weighted by Crippen LogP contribution is 2.39. The fourth-order valence-corrected chi connectivity index (χ4v) is 5.19. The molecule has 3 heterocycles. The van der Waals surface area contributed by atoms with Crippen molar-refractivity contribution in [2.45, 2.75) is 12.5 Å². The molecule has 5 aromatic rings. The van der Waals surface area contributed by atoms with Crippen LogP contribution in [0, 0.1) is 0 Å². The number of methoxy groups -OCH3 is 2. The maximum absolute atomic E-state index is 13.9. The molecule has 1 amide bonds. The van der Waals surface area contributed by atoms with Crippen molar-refractivity contribution in [2.75, 3.05) is 27.4 Å². The van der Waals surface area contributed by atoms with Gasteiger partial charge in [0.1, 0.15) is 29.1 Å². The van der Waals surface area contributed by atoms with Gasteiger partial charge in [0.05, 0.1) is 31.7 Å². The summed E-state index contributed by atoms with van der Waals surface area (Å²) in [6.45, 7) is 0.319. The molecule has 0 aliphatic carbocycles. The van der Waals surface area contributed by atoms with Crippen LogP contribution in [-0.4, -0.2) is 38.2 Å². The van der Waals surface area contributed by atoms with E-state index >= 15 is 0 Å². The lowest BCUT2D eigenvalue weighted by Crippen LogP contribution is -2.44. The average molecular weight is 540 g/mol. The van der Waals surface area contributed by atoms with E-state index in [0.717, 1.165) is 11.1 Å². The van der Waals surface area contributed by atoms with E-state index in [1.54, 1.807) is 54.5 Å². The summed E-state index contributed by atoms with van der Waals surface area (Å²) in [7, 11) is 3.10. The molecule has 2 aromatic heterocycles. The predicted molar refractivity (Wildman–Crippen MR) is 147 cm³/mol. The topological polar surface area (TPSA) is 108 Å². The normalized spacial score (nSPS) is 14.7. The number of rotatable bonds is 6. The second-order valence-corrected chi connectivity index (χ2v) is 9.39. The first-order valence-corrected chi connectivity index (χ1v) is 12.7. The monoisotopic (exact) mass is 539 g/mol. The number of ether oxygens (including phenoxy) is 3. The summed E-state index contributed by atoms with van der Waals surface area (Å²) in [5.41, 5.74) is 1.20. The fourth-order valence-electron chi connectivity index (χ4n) is 5.19. The quantitative estimate of drug-likeness (QED) is 0.285. The number of para-hydroxylation sites is 2. The molecule has 0 bridgehead atoms. The van der Waals surface area contributed by atoms with Gasteiger partial charge in [0.15, 0.2) is 11.5 Å². The van der Waals surface area contributed by atoms with E-state index in [1.807, 2.05) is 24.3 Å². The summed E-state index contributed by atoms with van der Waals surface area (Å²) >= 11 is 0. The molecule has 6 rings (SSSR count). The largest absolute Gasteiger partial charge is 0.493 e. The summed E-state index contributed by atoms with van der Waals surface area (Å²) < 4.78 is 28.0. The van der Waals surface area contributed by atoms with Crippen LogP contribution in [-0.2, 0) is 6.42 Å². The summed E-state index contributed by atoms with van der Waals surface area (Å²) in [6.07, 6.45) is 0.523. The average Bonchev–Trinajstić information content (AvgIpc) is 2.98. The highest BCUT2D eigenvalue weighted by atomic mass is 16.5. The Balaban J connectivity index is 1.43. The first-order valence-electron chi connectivity index (χ1n) is 12.7. The zero-order valence-corrected chi connectivity index (χ0v) is 21.8. The number of hydrogen-bond donors (Lipinski definition) is 0. The molecule has 0 fully saturated rings. The standard InChI is InChI=1S/C31H25NO8/c1-36-27-14-18-11-12-32(30(34)22-13-19-7-3-5-9-24(19)40-31(22)35)23(21(18)15-28(27)37-2)17-38-26-16-29(33)39-25-10-6-4-8-20(25)26/h3-10,13-16,23H,11-12,17H2,1-2H3. The van der Waals surface area contributed by atoms with Gasteiger partial charge < -0.3 is 27.9 Å². The Morgan fingerprint density at radius 2 is 1.60 bits per heavy atom. The van der Waals surface area contributed by atoms with Crippen LogP contribution in [0.5, 0.6) is 17.2 Å². The van der Waals surface area contributed by atoms with E-state index in [1.165, 1.54) is 13.2 Å². The zero-order chi connectivity index (χ0) is 27.8. The lowest BCUT2D eigenvalue weighted by Gasteiger charge is -2.37. The molecule has 202 valence electrons. The number of benzene rings is 3. The number of carbonyl (C=O) groups excluding carboxylic acids is 1. The Morgan fingerprint density at radius 1 is 0.875 bits per heavy atom. The van der Waals surface area contributed by atoms with Crippen LogP contribution in [0.15, 0.2) is 91.2 Å². The van der Waals surface area contributed by atoms with Crippen LogP contribution in [0.3, 0.4) is 0 Å². The second-order valence-electron chi connectivity index (χ2n) is 9.39. The van der Waals surface area contributed by atoms with E-state index < -0.39 is 23.2 Å². The molecule has 0 spiro atoms. The molecule has 1 aliphatic heterocycles. The molecule has 1 atom stereocenters. The third-order valence-corrected chi connectivity index (χ3v) is 7.14. The minimum absolute atomic E-state index is 0.000581. The minimum atomic E-state index is -0.715. The van der Waals surface area contributed by atoms with E-state index in [2.05, 4.69) is 0 Å². The Bertz CT molecular complexity index is 1870. The van der Waals surface area contributed by atoms with Gasteiger partial charge in [-0.2, -0.15) is 0 Å². The molecule has 0 radical (unpaired) electrons.